The number of nitrogens with one attached hydrogen (secondary N) is 1. The number of aryl methyl sites for hydroxylation is 1. The van der Waals surface area contributed by atoms with E-state index in [1.54, 1.807) is 42.2 Å². The topological polar surface area (TPSA) is 67.8 Å². The van der Waals surface area contributed by atoms with Gasteiger partial charge in [0.05, 0.1) is 17.8 Å². The Morgan fingerprint density at radius 3 is 2.91 bits per heavy atom. The summed E-state index contributed by atoms with van der Waals surface area (Å²) >= 11 is 4.87. The maximum absolute atomic E-state index is 12.2. The summed E-state index contributed by atoms with van der Waals surface area (Å²) in [5, 5.41) is 3.81. The van der Waals surface area contributed by atoms with E-state index >= 15 is 0 Å². The van der Waals surface area contributed by atoms with E-state index in [2.05, 4.69) is 36.2 Å². The number of carbonyl (C=O) groups is 1. The minimum absolute atomic E-state index is 0.158. The monoisotopic (exact) mass is 388 g/mol. The molecule has 0 radical (unpaired) electrons. The van der Waals surface area contributed by atoms with E-state index in [-0.39, 0.29) is 5.91 Å². The number of halogens is 1. The van der Waals surface area contributed by atoms with Gasteiger partial charge >= 0.3 is 0 Å². The van der Waals surface area contributed by atoms with Crippen LogP contribution in [0.2, 0.25) is 0 Å². The van der Waals surface area contributed by atoms with Gasteiger partial charge in [-0.15, -0.1) is 11.3 Å². The standard InChI is InChI=1S/C16H13BrN4OS/c1-10-14(23-16(21-10)11-3-2-4-18-6-11)9-20-15(22)12-5-13(17)8-19-7-12/h2-8H,9H2,1H3,(H,20,22). The van der Waals surface area contributed by atoms with E-state index in [4.69, 9.17) is 0 Å². The Labute approximate surface area is 146 Å². The summed E-state index contributed by atoms with van der Waals surface area (Å²) in [5.74, 6) is -0.158. The molecule has 0 aliphatic carbocycles. The molecule has 0 bridgehead atoms. The van der Waals surface area contributed by atoms with Gasteiger partial charge in [0.25, 0.3) is 5.91 Å². The fraction of sp³-hybridized carbons (Fsp3) is 0.125. The van der Waals surface area contributed by atoms with Crippen molar-refractivity contribution >= 4 is 33.2 Å². The van der Waals surface area contributed by atoms with E-state index in [0.717, 1.165) is 25.6 Å². The number of hydrogen-bond acceptors (Lipinski definition) is 5. The first-order chi connectivity index (χ1) is 11.1. The largest absolute Gasteiger partial charge is 0.347 e. The van der Waals surface area contributed by atoms with Crippen LogP contribution >= 0.6 is 27.3 Å². The Morgan fingerprint density at radius 1 is 1.30 bits per heavy atom. The lowest BCUT2D eigenvalue weighted by molar-refractivity contribution is 0.0951. The van der Waals surface area contributed by atoms with Gasteiger partial charge in [0.2, 0.25) is 0 Å². The van der Waals surface area contributed by atoms with Gasteiger partial charge in [-0.1, -0.05) is 0 Å². The molecule has 7 heteroatoms. The van der Waals surface area contributed by atoms with Crippen LogP contribution in [0, 0.1) is 6.92 Å². The van der Waals surface area contributed by atoms with Crippen molar-refractivity contribution in [3.8, 4) is 10.6 Å². The second-order valence-corrected chi connectivity index (χ2v) is 6.84. The molecule has 0 aliphatic heterocycles. The second kappa shape index (κ2) is 6.97. The number of rotatable bonds is 4. The van der Waals surface area contributed by atoms with Crippen molar-refractivity contribution in [2.24, 2.45) is 0 Å². The molecule has 0 saturated carbocycles. The van der Waals surface area contributed by atoms with Crippen LogP contribution in [0.3, 0.4) is 0 Å². The zero-order valence-electron chi connectivity index (χ0n) is 12.3. The van der Waals surface area contributed by atoms with Gasteiger partial charge in [0, 0.05) is 39.7 Å². The van der Waals surface area contributed by atoms with Crippen molar-refractivity contribution in [2.75, 3.05) is 0 Å². The number of hydrogen-bond donors (Lipinski definition) is 1. The highest BCUT2D eigenvalue weighted by Crippen LogP contribution is 2.27. The van der Waals surface area contributed by atoms with Crippen LogP contribution in [-0.4, -0.2) is 20.9 Å². The highest BCUT2D eigenvalue weighted by Gasteiger charge is 2.12. The fourth-order valence-electron chi connectivity index (χ4n) is 2.00. The summed E-state index contributed by atoms with van der Waals surface area (Å²) in [4.78, 5) is 25.8. The van der Waals surface area contributed by atoms with Crippen molar-refractivity contribution in [1.82, 2.24) is 20.3 Å². The predicted molar refractivity (Wildman–Crippen MR) is 93.2 cm³/mol. The van der Waals surface area contributed by atoms with Gasteiger partial charge in [-0.3, -0.25) is 14.8 Å². The summed E-state index contributed by atoms with van der Waals surface area (Å²) in [6.07, 6.45) is 6.70. The summed E-state index contributed by atoms with van der Waals surface area (Å²) in [7, 11) is 0. The fourth-order valence-corrected chi connectivity index (χ4v) is 3.36. The molecule has 0 saturated heterocycles. The number of carbonyl (C=O) groups excluding carboxylic acids is 1. The summed E-state index contributed by atoms with van der Waals surface area (Å²) < 4.78 is 0.776. The quantitative estimate of drug-likeness (QED) is 0.741. The van der Waals surface area contributed by atoms with E-state index in [9.17, 15) is 4.79 Å². The first kappa shape index (κ1) is 15.8. The molecule has 1 N–H and O–H groups in total. The van der Waals surface area contributed by atoms with Crippen LogP contribution in [0.15, 0.2) is 47.5 Å². The average Bonchev–Trinajstić information content (AvgIpc) is 2.94. The Bertz CT molecular complexity index is 835. The molecule has 23 heavy (non-hydrogen) atoms. The number of pyridine rings is 2. The SMILES string of the molecule is Cc1nc(-c2cccnc2)sc1CNC(=O)c1cncc(Br)c1. The van der Waals surface area contributed by atoms with E-state index < -0.39 is 0 Å². The average molecular weight is 389 g/mol. The minimum atomic E-state index is -0.158. The highest BCUT2D eigenvalue weighted by atomic mass is 79.9. The lowest BCUT2D eigenvalue weighted by atomic mass is 10.2. The molecule has 3 rings (SSSR count). The van der Waals surface area contributed by atoms with Crippen molar-refractivity contribution in [3.05, 3.63) is 63.6 Å². The smallest absolute Gasteiger partial charge is 0.253 e. The molecule has 5 nitrogen and oxygen atoms in total. The third-order valence-electron chi connectivity index (χ3n) is 3.18. The van der Waals surface area contributed by atoms with Crippen LogP contribution in [0.5, 0.6) is 0 Å². The number of aromatic nitrogens is 3. The van der Waals surface area contributed by atoms with Crippen molar-refractivity contribution in [1.29, 1.82) is 0 Å². The summed E-state index contributed by atoms with van der Waals surface area (Å²) in [5.41, 5.74) is 2.42. The van der Waals surface area contributed by atoms with Crippen LogP contribution < -0.4 is 5.32 Å². The number of thiazole rings is 1. The van der Waals surface area contributed by atoms with Crippen LogP contribution in [0.1, 0.15) is 20.9 Å². The first-order valence-electron chi connectivity index (χ1n) is 6.89. The van der Waals surface area contributed by atoms with Gasteiger partial charge in [-0.2, -0.15) is 0 Å². The predicted octanol–water partition coefficient (Wildman–Crippen LogP) is 3.60. The van der Waals surface area contributed by atoms with Crippen LogP contribution in [0.25, 0.3) is 10.6 Å². The molecule has 1 amide bonds. The van der Waals surface area contributed by atoms with Crippen LogP contribution in [-0.2, 0) is 6.54 Å². The first-order valence-corrected chi connectivity index (χ1v) is 8.50. The normalized spacial score (nSPS) is 10.5. The Balaban J connectivity index is 1.71. The molecule has 0 aliphatic rings. The van der Waals surface area contributed by atoms with Gasteiger partial charge < -0.3 is 5.32 Å². The van der Waals surface area contributed by atoms with Gasteiger partial charge in [0.15, 0.2) is 0 Å². The van der Waals surface area contributed by atoms with Gasteiger partial charge in [0.1, 0.15) is 5.01 Å². The maximum atomic E-state index is 12.2. The molecule has 3 aromatic rings. The molecule has 0 aromatic carbocycles. The molecule has 3 heterocycles. The van der Waals surface area contributed by atoms with Crippen LogP contribution in [0.4, 0.5) is 0 Å². The lowest BCUT2D eigenvalue weighted by Crippen LogP contribution is -2.22. The van der Waals surface area contributed by atoms with Crippen molar-refractivity contribution in [2.45, 2.75) is 13.5 Å². The zero-order valence-corrected chi connectivity index (χ0v) is 14.7. The Morgan fingerprint density at radius 2 is 2.17 bits per heavy atom. The molecule has 3 aromatic heterocycles. The Kier molecular flexibility index (Phi) is 4.78. The van der Waals surface area contributed by atoms with E-state index in [1.165, 1.54) is 0 Å². The zero-order chi connectivity index (χ0) is 16.2. The van der Waals surface area contributed by atoms with Gasteiger partial charge in [-0.05, 0) is 41.1 Å². The third-order valence-corrected chi connectivity index (χ3v) is 4.82. The van der Waals surface area contributed by atoms with Crippen molar-refractivity contribution < 1.29 is 4.79 Å². The second-order valence-electron chi connectivity index (χ2n) is 4.84. The third kappa shape index (κ3) is 3.80. The molecule has 0 atom stereocenters. The van der Waals surface area contributed by atoms with E-state index in [0.29, 0.717) is 12.1 Å². The summed E-state index contributed by atoms with van der Waals surface area (Å²) in [6, 6.07) is 5.59. The minimum Gasteiger partial charge on any atom is -0.347 e. The molecule has 116 valence electrons. The molecular formula is C16H13BrN4OS. The van der Waals surface area contributed by atoms with E-state index in [1.807, 2.05) is 19.1 Å². The molecular weight excluding hydrogens is 376 g/mol. The maximum Gasteiger partial charge on any atom is 0.253 e. The molecule has 0 spiro atoms. The number of amides is 1. The lowest BCUT2D eigenvalue weighted by Gasteiger charge is -2.04. The van der Waals surface area contributed by atoms with Gasteiger partial charge in [-0.25, -0.2) is 4.98 Å². The Hall–Kier alpha value is -2.12. The molecule has 0 unspecified atom stereocenters. The molecule has 0 fully saturated rings. The van der Waals surface area contributed by atoms with Crippen molar-refractivity contribution in [3.63, 3.8) is 0 Å². The summed E-state index contributed by atoms with van der Waals surface area (Å²) in [6.45, 7) is 2.38. The number of nitrogens with zero attached hydrogens (tertiary/aromatic N) is 3. The highest BCUT2D eigenvalue weighted by molar-refractivity contribution is 9.10.